The van der Waals surface area contributed by atoms with Crippen LogP contribution in [0.4, 0.5) is 5.69 Å². The molecule has 1 aliphatic heterocycles. The van der Waals surface area contributed by atoms with Gasteiger partial charge in [-0.05, 0) is 90.8 Å². The number of furan rings is 1. The van der Waals surface area contributed by atoms with Gasteiger partial charge in [0, 0.05) is 33.5 Å². The number of benzene rings is 9. The zero-order valence-electron chi connectivity index (χ0n) is 30.3. The number of hydrogen-bond donors (Lipinski definition) is 0. The molecule has 0 saturated heterocycles. The van der Waals surface area contributed by atoms with E-state index in [1.807, 2.05) is 6.07 Å². The van der Waals surface area contributed by atoms with E-state index in [9.17, 15) is 0 Å². The highest BCUT2D eigenvalue weighted by Gasteiger charge is 2.29. The van der Waals surface area contributed by atoms with Gasteiger partial charge in [0.15, 0.2) is 0 Å². The largest absolute Gasteiger partial charge is 0.458 e. The zero-order valence-corrected chi connectivity index (χ0v) is 30.3. The second kappa shape index (κ2) is 11.5. The first-order chi connectivity index (χ1) is 27.2. The molecule has 0 N–H and O–H groups in total. The Morgan fingerprint density at radius 1 is 0.509 bits per heavy atom. The highest BCUT2D eigenvalue weighted by atomic mass is 16.3. The van der Waals surface area contributed by atoms with Crippen LogP contribution in [0.1, 0.15) is 24.7 Å². The maximum Gasteiger partial charge on any atom is 0.146 e. The Kier molecular flexibility index (Phi) is 6.38. The predicted octanol–water partition coefficient (Wildman–Crippen LogP) is 14.3. The molecule has 3 nitrogen and oxygen atoms in total. The Balaban J connectivity index is 1.31. The normalized spacial score (nSPS) is 13.6. The molecule has 0 amide bonds. The van der Waals surface area contributed by atoms with E-state index < -0.39 is 0 Å². The molecule has 0 aliphatic carbocycles. The van der Waals surface area contributed by atoms with E-state index in [0.29, 0.717) is 6.42 Å². The summed E-state index contributed by atoms with van der Waals surface area (Å²) in [7, 11) is 0. The summed E-state index contributed by atoms with van der Waals surface area (Å²) in [5, 5.41) is 16.1. The summed E-state index contributed by atoms with van der Waals surface area (Å²) >= 11 is 0. The predicted molar refractivity (Wildman–Crippen MR) is 233 cm³/mol. The van der Waals surface area contributed by atoms with Gasteiger partial charge in [0.2, 0.25) is 0 Å². The summed E-state index contributed by atoms with van der Waals surface area (Å²) in [6.45, 7) is 2.27. The number of fused-ring (bicyclic) bond motifs is 16. The van der Waals surface area contributed by atoms with Gasteiger partial charge in [-0.1, -0.05) is 146 Å². The van der Waals surface area contributed by atoms with Gasteiger partial charge in [-0.2, -0.15) is 0 Å². The van der Waals surface area contributed by atoms with Crippen LogP contribution in [0.2, 0.25) is 0 Å². The first-order valence-electron chi connectivity index (χ1n) is 19.2. The van der Waals surface area contributed by atoms with Gasteiger partial charge >= 0.3 is 0 Å². The van der Waals surface area contributed by atoms with Crippen molar-refractivity contribution in [3.05, 3.63) is 181 Å². The summed E-state index contributed by atoms with van der Waals surface area (Å²) in [5.41, 5.74) is 7.71. The number of allylic oxidation sites excluding steroid dienone is 2. The zero-order chi connectivity index (χ0) is 36.2. The van der Waals surface area contributed by atoms with Crippen molar-refractivity contribution < 1.29 is 4.42 Å². The minimum absolute atomic E-state index is 0.690. The van der Waals surface area contributed by atoms with Gasteiger partial charge < -0.3 is 4.42 Å². The van der Waals surface area contributed by atoms with Crippen LogP contribution in [0.15, 0.2) is 179 Å². The number of para-hydroxylation sites is 1. The number of rotatable bonds is 2. The Morgan fingerprint density at radius 3 is 1.87 bits per heavy atom. The molecule has 11 aromatic rings. The molecule has 0 radical (unpaired) electrons. The minimum atomic E-state index is 0.690. The van der Waals surface area contributed by atoms with Gasteiger partial charge in [0.25, 0.3) is 0 Å². The van der Waals surface area contributed by atoms with E-state index in [1.165, 1.54) is 75.8 Å². The van der Waals surface area contributed by atoms with Crippen LogP contribution in [0.3, 0.4) is 0 Å². The van der Waals surface area contributed by atoms with Crippen LogP contribution in [0.25, 0.3) is 92.2 Å². The van der Waals surface area contributed by atoms with Crippen LogP contribution in [0.5, 0.6) is 0 Å². The fourth-order valence-electron chi connectivity index (χ4n) is 9.56. The number of aliphatic imine (C=N–C) groups is 1. The van der Waals surface area contributed by atoms with Crippen LogP contribution in [-0.2, 0) is 6.42 Å². The molecule has 0 saturated carbocycles. The highest BCUT2D eigenvalue weighted by molar-refractivity contribution is 6.41. The van der Waals surface area contributed by atoms with Gasteiger partial charge in [0.05, 0.1) is 11.0 Å². The standard InChI is InChI=1S/C52H34N2O/c1-2-31-30-46-51(42-21-11-12-22-45(42)55-46)53-52(47(31)35-24-23-32-13-3-4-15-34(32)29-35)54-43-27-25-33-14-5-6-16-36(33)49(43)50-44(54)28-26-41-39-19-8-7-17-37(39)38-18-9-10-20-40(38)48(41)50/h3-29H,2,30H2,1H3. The van der Waals surface area contributed by atoms with Crippen molar-refractivity contribution in [1.29, 1.82) is 0 Å². The van der Waals surface area contributed by atoms with E-state index in [1.54, 1.807) is 0 Å². The van der Waals surface area contributed by atoms with Gasteiger partial charge in [-0.3, -0.25) is 4.57 Å². The Labute approximate surface area is 317 Å². The van der Waals surface area contributed by atoms with Crippen LogP contribution in [0, 0.1) is 0 Å². The SMILES string of the molecule is CCC1=C(c2ccc3ccccc3c2)C(n2c3ccc4ccccc4c3c3c4c5ccccc5c5ccccc5c4ccc32)=Nc2c(oc3ccccc23)C1. The van der Waals surface area contributed by atoms with Crippen LogP contribution < -0.4 is 0 Å². The Bertz CT molecular complexity index is 3470. The molecule has 0 spiro atoms. The van der Waals surface area contributed by atoms with Crippen molar-refractivity contribution in [2.24, 2.45) is 4.99 Å². The molecular formula is C52H34N2O. The third kappa shape index (κ3) is 4.29. The first-order valence-corrected chi connectivity index (χ1v) is 19.2. The van der Waals surface area contributed by atoms with Crippen LogP contribution >= 0.6 is 0 Å². The summed E-state index contributed by atoms with van der Waals surface area (Å²) in [6.07, 6.45) is 1.55. The fourth-order valence-corrected chi connectivity index (χ4v) is 9.56. The molecule has 0 fully saturated rings. The summed E-state index contributed by atoms with van der Waals surface area (Å²) in [5.74, 6) is 1.85. The average Bonchev–Trinajstić information content (AvgIpc) is 3.72. The smallest absolute Gasteiger partial charge is 0.146 e. The number of nitrogens with zero attached hydrogens (tertiary/aromatic N) is 2. The summed E-state index contributed by atoms with van der Waals surface area (Å²) < 4.78 is 9.12. The third-order valence-electron chi connectivity index (χ3n) is 12.0. The van der Waals surface area contributed by atoms with Crippen LogP contribution in [-0.4, -0.2) is 10.4 Å². The van der Waals surface area contributed by atoms with Crippen molar-refractivity contribution in [3.8, 4) is 0 Å². The number of aromatic nitrogens is 1. The Hall–Kier alpha value is -6.97. The molecule has 258 valence electrons. The number of hydrogen-bond acceptors (Lipinski definition) is 2. The quantitative estimate of drug-likeness (QED) is 0.165. The second-order valence-electron chi connectivity index (χ2n) is 14.9. The van der Waals surface area contributed by atoms with Crippen molar-refractivity contribution in [2.45, 2.75) is 19.8 Å². The van der Waals surface area contributed by atoms with E-state index in [2.05, 4.69) is 169 Å². The molecule has 2 aromatic heterocycles. The van der Waals surface area contributed by atoms with Gasteiger partial charge in [0.1, 0.15) is 22.9 Å². The highest BCUT2D eigenvalue weighted by Crippen LogP contribution is 2.47. The molecule has 9 aromatic carbocycles. The third-order valence-corrected chi connectivity index (χ3v) is 12.0. The minimum Gasteiger partial charge on any atom is -0.458 e. The van der Waals surface area contributed by atoms with Crippen molar-refractivity contribution >= 4 is 104 Å². The Morgan fingerprint density at radius 2 is 1.09 bits per heavy atom. The van der Waals surface area contributed by atoms with E-state index in [0.717, 1.165) is 51.3 Å². The molecule has 55 heavy (non-hydrogen) atoms. The fraction of sp³-hybridized carbons (Fsp3) is 0.0577. The second-order valence-corrected chi connectivity index (χ2v) is 14.9. The summed E-state index contributed by atoms with van der Waals surface area (Å²) in [6, 6.07) is 59.8. The molecule has 3 heterocycles. The molecule has 1 aliphatic rings. The van der Waals surface area contributed by atoms with Crippen molar-refractivity contribution in [2.75, 3.05) is 0 Å². The van der Waals surface area contributed by atoms with Crippen molar-refractivity contribution in [1.82, 2.24) is 4.57 Å². The monoisotopic (exact) mass is 702 g/mol. The maximum atomic E-state index is 6.65. The van der Waals surface area contributed by atoms with E-state index in [4.69, 9.17) is 9.41 Å². The van der Waals surface area contributed by atoms with Gasteiger partial charge in [-0.25, -0.2) is 4.99 Å². The lowest BCUT2D eigenvalue weighted by atomic mass is 9.91. The van der Waals surface area contributed by atoms with E-state index in [-0.39, 0.29) is 0 Å². The average molecular weight is 703 g/mol. The lowest BCUT2D eigenvalue weighted by molar-refractivity contribution is 0.561. The van der Waals surface area contributed by atoms with Crippen molar-refractivity contribution in [3.63, 3.8) is 0 Å². The summed E-state index contributed by atoms with van der Waals surface area (Å²) in [4.78, 5) is 5.81. The topological polar surface area (TPSA) is 30.4 Å². The molecule has 12 rings (SSSR count). The van der Waals surface area contributed by atoms with Gasteiger partial charge in [-0.15, -0.1) is 0 Å². The molecular weight excluding hydrogens is 669 g/mol. The van der Waals surface area contributed by atoms with E-state index >= 15 is 0 Å². The molecule has 3 heteroatoms. The molecule has 0 bridgehead atoms. The molecule has 0 unspecified atom stereocenters. The lowest BCUT2D eigenvalue weighted by Crippen LogP contribution is -2.15. The lowest BCUT2D eigenvalue weighted by Gasteiger charge is -2.19. The molecule has 0 atom stereocenters. The first kappa shape index (κ1) is 30.5. The maximum absolute atomic E-state index is 6.65.